The second kappa shape index (κ2) is 6.11. The number of anilines is 1. The Morgan fingerprint density at radius 2 is 2.21 bits per heavy atom. The third kappa shape index (κ3) is 2.39. The quantitative estimate of drug-likeness (QED) is 0.898. The van der Waals surface area contributed by atoms with Gasteiger partial charge in [-0.3, -0.25) is 4.79 Å². The number of hydrogen-bond acceptors (Lipinski definition) is 5. The lowest BCUT2D eigenvalue weighted by Crippen LogP contribution is -2.28. The number of hydrogen-bond donors (Lipinski definition) is 2. The van der Waals surface area contributed by atoms with Gasteiger partial charge in [-0.25, -0.2) is 14.6 Å². The number of nitrogens with one attached hydrogen (secondary N) is 2. The van der Waals surface area contributed by atoms with Gasteiger partial charge in [0.2, 0.25) is 0 Å². The maximum Gasteiger partial charge on any atom is 0.276 e. The number of aromatic amines is 1. The first kappa shape index (κ1) is 14.9. The first-order valence-corrected chi connectivity index (χ1v) is 8.54. The van der Waals surface area contributed by atoms with Crippen molar-refractivity contribution in [3.63, 3.8) is 0 Å². The molecule has 24 heavy (non-hydrogen) atoms. The van der Waals surface area contributed by atoms with Crippen LogP contribution in [0.5, 0.6) is 0 Å². The first-order valence-electron chi connectivity index (χ1n) is 8.54. The number of fused-ring (bicyclic) bond motifs is 1. The summed E-state index contributed by atoms with van der Waals surface area (Å²) in [5.74, 6) is 1.21. The Morgan fingerprint density at radius 1 is 1.38 bits per heavy atom. The van der Waals surface area contributed by atoms with Gasteiger partial charge < -0.3 is 10.4 Å². The summed E-state index contributed by atoms with van der Waals surface area (Å²) in [6, 6.07) is 2.17. The molecule has 0 aromatic carbocycles. The van der Waals surface area contributed by atoms with Crippen molar-refractivity contribution in [3.8, 4) is 17.3 Å². The van der Waals surface area contributed by atoms with Crippen molar-refractivity contribution in [1.82, 2.24) is 19.7 Å². The zero-order valence-corrected chi connectivity index (χ0v) is 13.5. The van der Waals surface area contributed by atoms with E-state index in [0.29, 0.717) is 23.6 Å². The predicted octanol–water partition coefficient (Wildman–Crippen LogP) is 2.25. The highest BCUT2D eigenvalue weighted by atomic mass is 16.1. The molecule has 2 aliphatic rings. The molecule has 124 valence electrons. The van der Waals surface area contributed by atoms with Crippen LogP contribution in [0.3, 0.4) is 0 Å². The van der Waals surface area contributed by atoms with E-state index < -0.39 is 0 Å². The van der Waals surface area contributed by atoms with Crippen molar-refractivity contribution >= 4 is 5.82 Å². The van der Waals surface area contributed by atoms with Crippen LogP contribution in [-0.2, 0) is 6.42 Å². The standard InChI is InChI=1S/C17H20N6O/c18-7-5-14(11-3-1-2-4-11)23-17(24)13(9-22-23)15-12-6-8-19-16(12)21-10-20-15/h9-11,14,22H,1-6,8H2,(H,19,20,21). The molecular weight excluding hydrogens is 304 g/mol. The highest BCUT2D eigenvalue weighted by molar-refractivity contribution is 5.68. The molecule has 0 radical (unpaired) electrons. The van der Waals surface area contributed by atoms with Crippen LogP contribution >= 0.6 is 0 Å². The van der Waals surface area contributed by atoms with Crippen LogP contribution in [-0.4, -0.2) is 26.3 Å². The van der Waals surface area contributed by atoms with Crippen LogP contribution in [0.15, 0.2) is 17.3 Å². The average molecular weight is 324 g/mol. The number of rotatable bonds is 4. The van der Waals surface area contributed by atoms with Crippen molar-refractivity contribution in [2.24, 2.45) is 5.92 Å². The summed E-state index contributed by atoms with van der Waals surface area (Å²) in [4.78, 5) is 21.6. The summed E-state index contributed by atoms with van der Waals surface area (Å²) in [7, 11) is 0. The third-order valence-electron chi connectivity index (χ3n) is 5.24. The zero-order valence-electron chi connectivity index (χ0n) is 13.5. The van der Waals surface area contributed by atoms with E-state index in [4.69, 9.17) is 0 Å². The number of nitriles is 1. The molecule has 7 nitrogen and oxygen atoms in total. The summed E-state index contributed by atoms with van der Waals surface area (Å²) in [5.41, 5.74) is 2.18. The molecule has 0 amide bonds. The fraction of sp³-hybridized carbons (Fsp3) is 0.529. The molecule has 2 N–H and O–H groups in total. The second-order valence-electron chi connectivity index (χ2n) is 6.56. The van der Waals surface area contributed by atoms with E-state index in [1.165, 1.54) is 19.2 Å². The van der Waals surface area contributed by atoms with Gasteiger partial charge in [-0.05, 0) is 25.2 Å². The average Bonchev–Trinajstić information content (AvgIpc) is 3.33. The van der Waals surface area contributed by atoms with Gasteiger partial charge in [-0.2, -0.15) is 5.26 Å². The van der Waals surface area contributed by atoms with Crippen molar-refractivity contribution < 1.29 is 0 Å². The van der Waals surface area contributed by atoms with E-state index >= 15 is 0 Å². The van der Waals surface area contributed by atoms with Gasteiger partial charge >= 0.3 is 0 Å². The highest BCUT2D eigenvalue weighted by Crippen LogP contribution is 2.35. The second-order valence-corrected chi connectivity index (χ2v) is 6.56. The van der Waals surface area contributed by atoms with Crippen molar-refractivity contribution in [2.45, 2.75) is 44.6 Å². The van der Waals surface area contributed by atoms with E-state index in [0.717, 1.165) is 37.2 Å². The van der Waals surface area contributed by atoms with Gasteiger partial charge in [0.15, 0.2) is 0 Å². The lowest BCUT2D eigenvalue weighted by molar-refractivity contribution is 0.308. The SMILES string of the molecule is N#CCC(C1CCCC1)n1[nH]cc(-c2ncnc3c2CCN3)c1=O. The molecule has 1 unspecified atom stereocenters. The summed E-state index contributed by atoms with van der Waals surface area (Å²) >= 11 is 0. The van der Waals surface area contributed by atoms with Gasteiger partial charge in [0, 0.05) is 18.3 Å². The molecule has 1 fully saturated rings. The van der Waals surface area contributed by atoms with Crippen LogP contribution in [0, 0.1) is 17.2 Å². The summed E-state index contributed by atoms with van der Waals surface area (Å²) in [5, 5.41) is 15.5. The topological polar surface area (TPSA) is 99.4 Å². The van der Waals surface area contributed by atoms with Crippen molar-refractivity contribution in [1.29, 1.82) is 5.26 Å². The summed E-state index contributed by atoms with van der Waals surface area (Å²) in [6.07, 6.45) is 8.92. The summed E-state index contributed by atoms with van der Waals surface area (Å²) in [6.45, 7) is 0.818. The van der Waals surface area contributed by atoms with Crippen molar-refractivity contribution in [3.05, 3.63) is 28.4 Å². The van der Waals surface area contributed by atoms with Crippen LogP contribution in [0.2, 0.25) is 0 Å². The van der Waals surface area contributed by atoms with Crippen LogP contribution < -0.4 is 10.9 Å². The molecule has 1 atom stereocenters. The van der Waals surface area contributed by atoms with E-state index in [-0.39, 0.29) is 11.6 Å². The van der Waals surface area contributed by atoms with Gasteiger partial charge in [0.05, 0.1) is 29.8 Å². The first-order chi connectivity index (χ1) is 11.8. The molecule has 1 aliphatic carbocycles. The predicted molar refractivity (Wildman–Crippen MR) is 89.5 cm³/mol. The Bertz CT molecular complexity index is 839. The van der Waals surface area contributed by atoms with Crippen molar-refractivity contribution in [2.75, 3.05) is 11.9 Å². The Balaban J connectivity index is 1.75. The van der Waals surface area contributed by atoms with Crippen LogP contribution in [0.4, 0.5) is 5.82 Å². The molecule has 0 spiro atoms. The van der Waals surface area contributed by atoms with Gasteiger partial charge in [-0.15, -0.1) is 0 Å². The zero-order chi connectivity index (χ0) is 16.5. The molecule has 2 aromatic rings. The van der Waals surface area contributed by atoms with Gasteiger partial charge in [0.25, 0.3) is 5.56 Å². The minimum absolute atomic E-state index is 0.0771. The number of H-pyrrole nitrogens is 1. The minimum Gasteiger partial charge on any atom is -0.369 e. The Kier molecular flexibility index (Phi) is 3.81. The number of aromatic nitrogens is 4. The fourth-order valence-electron chi connectivity index (χ4n) is 4.04. The largest absolute Gasteiger partial charge is 0.369 e. The smallest absolute Gasteiger partial charge is 0.276 e. The molecule has 1 saturated carbocycles. The van der Waals surface area contributed by atoms with E-state index in [1.807, 2.05) is 0 Å². The molecule has 7 heteroatoms. The molecule has 1 aliphatic heterocycles. The van der Waals surface area contributed by atoms with Crippen LogP contribution in [0.25, 0.3) is 11.3 Å². The van der Waals surface area contributed by atoms with E-state index in [1.54, 1.807) is 10.9 Å². The minimum atomic E-state index is -0.0880. The lowest BCUT2D eigenvalue weighted by atomic mass is 9.96. The summed E-state index contributed by atoms with van der Waals surface area (Å²) < 4.78 is 1.64. The Morgan fingerprint density at radius 3 is 3.00 bits per heavy atom. The monoisotopic (exact) mass is 324 g/mol. The highest BCUT2D eigenvalue weighted by Gasteiger charge is 2.29. The fourth-order valence-corrected chi connectivity index (χ4v) is 4.04. The molecule has 0 bridgehead atoms. The van der Waals surface area contributed by atoms with Crippen LogP contribution in [0.1, 0.15) is 43.7 Å². The molecule has 4 rings (SSSR count). The van der Waals surface area contributed by atoms with Gasteiger partial charge in [0.1, 0.15) is 12.1 Å². The van der Waals surface area contributed by atoms with Gasteiger partial charge in [-0.1, -0.05) is 12.8 Å². The maximum absolute atomic E-state index is 13.0. The molecular formula is C17H20N6O. The molecule has 2 aromatic heterocycles. The Labute approximate surface area is 139 Å². The molecule has 0 saturated heterocycles. The van der Waals surface area contributed by atoms with E-state index in [2.05, 4.69) is 26.5 Å². The third-order valence-corrected chi connectivity index (χ3v) is 5.24. The normalized spacial score (nSPS) is 18.1. The Hall–Kier alpha value is -2.62. The van der Waals surface area contributed by atoms with E-state index in [9.17, 15) is 10.1 Å². The lowest BCUT2D eigenvalue weighted by Gasteiger charge is -2.21. The maximum atomic E-state index is 13.0. The number of nitrogens with zero attached hydrogens (tertiary/aromatic N) is 4. The molecule has 3 heterocycles.